The molecule has 0 bridgehead atoms. The first-order valence-corrected chi connectivity index (χ1v) is 7.69. The van der Waals surface area contributed by atoms with E-state index < -0.39 is 0 Å². The van der Waals surface area contributed by atoms with Gasteiger partial charge in [-0.15, -0.1) is 0 Å². The van der Waals surface area contributed by atoms with Gasteiger partial charge in [0.15, 0.2) is 0 Å². The lowest BCUT2D eigenvalue weighted by atomic mass is 10.0. The smallest absolute Gasteiger partial charge is 0.219 e. The Labute approximate surface area is 121 Å². The van der Waals surface area contributed by atoms with E-state index in [1.807, 2.05) is 25.3 Å². The van der Waals surface area contributed by atoms with Crippen molar-refractivity contribution in [1.82, 2.24) is 15.2 Å². The van der Waals surface area contributed by atoms with Crippen molar-refractivity contribution in [3.8, 4) is 0 Å². The number of pyridine rings is 1. The summed E-state index contributed by atoms with van der Waals surface area (Å²) < 4.78 is 0. The first-order valence-electron chi connectivity index (χ1n) is 7.69. The predicted molar refractivity (Wildman–Crippen MR) is 80.5 cm³/mol. The average molecular weight is 275 g/mol. The average Bonchev–Trinajstić information content (AvgIpc) is 2.50. The number of carbonyl (C=O) groups excluding carboxylic acids is 1. The van der Waals surface area contributed by atoms with Gasteiger partial charge in [0.2, 0.25) is 5.91 Å². The van der Waals surface area contributed by atoms with Gasteiger partial charge in [-0.05, 0) is 44.4 Å². The quantitative estimate of drug-likeness (QED) is 0.863. The van der Waals surface area contributed by atoms with Crippen molar-refractivity contribution in [2.45, 2.75) is 45.1 Å². The molecule has 1 N–H and O–H groups in total. The molecule has 0 unspecified atom stereocenters. The van der Waals surface area contributed by atoms with Gasteiger partial charge < -0.3 is 10.2 Å². The van der Waals surface area contributed by atoms with Gasteiger partial charge >= 0.3 is 0 Å². The lowest BCUT2D eigenvalue weighted by Gasteiger charge is -2.32. The molecule has 1 aliphatic rings. The molecule has 2 rings (SSSR count). The highest BCUT2D eigenvalue weighted by Gasteiger charge is 2.19. The van der Waals surface area contributed by atoms with Crippen LogP contribution in [-0.4, -0.2) is 41.5 Å². The molecule has 0 aliphatic carbocycles. The van der Waals surface area contributed by atoms with E-state index in [2.05, 4.69) is 21.3 Å². The standard InChI is InChI=1S/C16H25N3O/c1-2-16(20)18-15-8-12-19(13-9-15)11-5-7-14-6-3-4-10-17-14/h3-4,6,10,15H,2,5,7-9,11-13H2,1H3,(H,18,20). The van der Waals surface area contributed by atoms with Crippen LogP contribution in [0.4, 0.5) is 0 Å². The fourth-order valence-electron chi connectivity index (χ4n) is 2.66. The van der Waals surface area contributed by atoms with Gasteiger partial charge in [-0.25, -0.2) is 0 Å². The monoisotopic (exact) mass is 275 g/mol. The van der Waals surface area contributed by atoms with E-state index in [1.165, 1.54) is 5.69 Å². The zero-order valence-electron chi connectivity index (χ0n) is 12.3. The van der Waals surface area contributed by atoms with Gasteiger partial charge in [0.25, 0.3) is 0 Å². The largest absolute Gasteiger partial charge is 0.353 e. The molecule has 0 saturated carbocycles. The summed E-state index contributed by atoms with van der Waals surface area (Å²) in [4.78, 5) is 18.2. The number of likely N-dealkylation sites (tertiary alicyclic amines) is 1. The van der Waals surface area contributed by atoms with Crippen molar-refractivity contribution < 1.29 is 4.79 Å². The van der Waals surface area contributed by atoms with Crippen molar-refractivity contribution in [3.05, 3.63) is 30.1 Å². The second-order valence-corrected chi connectivity index (χ2v) is 5.46. The molecule has 0 radical (unpaired) electrons. The van der Waals surface area contributed by atoms with Crippen LogP contribution in [0.15, 0.2) is 24.4 Å². The molecule has 1 fully saturated rings. The minimum atomic E-state index is 0.179. The summed E-state index contributed by atoms with van der Waals surface area (Å²) in [7, 11) is 0. The van der Waals surface area contributed by atoms with Crippen LogP contribution in [0.2, 0.25) is 0 Å². The number of hydrogen-bond donors (Lipinski definition) is 1. The Morgan fingerprint density at radius 3 is 2.85 bits per heavy atom. The van der Waals surface area contributed by atoms with E-state index >= 15 is 0 Å². The van der Waals surface area contributed by atoms with Crippen LogP contribution in [0.3, 0.4) is 0 Å². The molecule has 1 amide bonds. The summed E-state index contributed by atoms with van der Waals surface area (Å²) >= 11 is 0. The maximum absolute atomic E-state index is 11.4. The zero-order valence-corrected chi connectivity index (χ0v) is 12.3. The van der Waals surface area contributed by atoms with Crippen LogP contribution in [0.5, 0.6) is 0 Å². The number of hydrogen-bond acceptors (Lipinski definition) is 3. The van der Waals surface area contributed by atoms with Gasteiger partial charge in [-0.1, -0.05) is 13.0 Å². The van der Waals surface area contributed by atoms with Crippen LogP contribution in [0.25, 0.3) is 0 Å². The first kappa shape index (κ1) is 15.0. The van der Waals surface area contributed by atoms with E-state index in [9.17, 15) is 4.79 Å². The van der Waals surface area contributed by atoms with Crippen molar-refractivity contribution >= 4 is 5.91 Å². The van der Waals surface area contributed by atoms with Crippen molar-refractivity contribution in [3.63, 3.8) is 0 Å². The molecular weight excluding hydrogens is 250 g/mol. The Bertz CT molecular complexity index is 399. The predicted octanol–water partition coefficient (Wildman–Crippen LogP) is 2.00. The van der Waals surface area contributed by atoms with Gasteiger partial charge in [-0.2, -0.15) is 0 Å². The Kier molecular flexibility index (Phi) is 5.99. The molecule has 2 heterocycles. The summed E-state index contributed by atoms with van der Waals surface area (Å²) in [6, 6.07) is 6.48. The summed E-state index contributed by atoms with van der Waals surface area (Å²) in [5.74, 6) is 0.179. The van der Waals surface area contributed by atoms with Crippen molar-refractivity contribution in [1.29, 1.82) is 0 Å². The van der Waals surface area contributed by atoms with Gasteiger partial charge in [0.1, 0.15) is 0 Å². The number of aromatic nitrogens is 1. The van der Waals surface area contributed by atoms with E-state index in [1.54, 1.807) is 0 Å². The molecule has 0 aromatic carbocycles. The van der Waals surface area contributed by atoms with Crippen LogP contribution in [-0.2, 0) is 11.2 Å². The molecule has 0 atom stereocenters. The van der Waals surface area contributed by atoms with Crippen LogP contribution < -0.4 is 5.32 Å². The van der Waals surface area contributed by atoms with E-state index in [4.69, 9.17) is 0 Å². The normalized spacial score (nSPS) is 17.1. The van der Waals surface area contributed by atoms with Crippen LogP contribution >= 0.6 is 0 Å². The van der Waals surface area contributed by atoms with Crippen molar-refractivity contribution in [2.24, 2.45) is 0 Å². The maximum atomic E-state index is 11.4. The number of nitrogens with zero attached hydrogens (tertiary/aromatic N) is 2. The molecule has 1 aromatic heterocycles. The molecule has 20 heavy (non-hydrogen) atoms. The molecule has 1 aliphatic heterocycles. The highest BCUT2D eigenvalue weighted by molar-refractivity contribution is 5.75. The summed E-state index contributed by atoms with van der Waals surface area (Å²) in [6.45, 7) is 5.22. The molecule has 1 saturated heterocycles. The summed E-state index contributed by atoms with van der Waals surface area (Å²) in [5.41, 5.74) is 1.18. The number of rotatable bonds is 6. The highest BCUT2D eigenvalue weighted by Crippen LogP contribution is 2.11. The molecular formula is C16H25N3O. The topological polar surface area (TPSA) is 45.2 Å². The molecule has 4 nitrogen and oxygen atoms in total. The van der Waals surface area contributed by atoms with Gasteiger partial charge in [-0.3, -0.25) is 9.78 Å². The van der Waals surface area contributed by atoms with Gasteiger partial charge in [0.05, 0.1) is 0 Å². The van der Waals surface area contributed by atoms with E-state index in [0.29, 0.717) is 12.5 Å². The zero-order chi connectivity index (χ0) is 14.2. The van der Waals surface area contributed by atoms with Crippen LogP contribution in [0, 0.1) is 0 Å². The SMILES string of the molecule is CCC(=O)NC1CCN(CCCc2ccccn2)CC1. The second-order valence-electron chi connectivity index (χ2n) is 5.46. The third-order valence-corrected chi connectivity index (χ3v) is 3.91. The lowest BCUT2D eigenvalue weighted by molar-refractivity contribution is -0.121. The number of aryl methyl sites for hydroxylation is 1. The maximum Gasteiger partial charge on any atom is 0.219 e. The third kappa shape index (κ3) is 4.93. The molecule has 4 heteroatoms. The molecule has 0 spiro atoms. The Balaban J connectivity index is 1.61. The number of carbonyl (C=O) groups is 1. The first-order chi connectivity index (χ1) is 9.78. The fraction of sp³-hybridized carbons (Fsp3) is 0.625. The minimum Gasteiger partial charge on any atom is -0.353 e. The van der Waals surface area contributed by atoms with E-state index in [-0.39, 0.29) is 5.91 Å². The number of nitrogens with one attached hydrogen (secondary N) is 1. The Morgan fingerprint density at radius 1 is 1.40 bits per heavy atom. The summed E-state index contributed by atoms with van der Waals surface area (Å²) in [5, 5.41) is 3.10. The third-order valence-electron chi connectivity index (χ3n) is 3.91. The Hall–Kier alpha value is -1.42. The molecule has 110 valence electrons. The lowest BCUT2D eigenvalue weighted by Crippen LogP contribution is -2.44. The Morgan fingerprint density at radius 2 is 2.20 bits per heavy atom. The number of piperidine rings is 1. The number of amides is 1. The molecule has 1 aromatic rings. The summed E-state index contributed by atoms with van der Waals surface area (Å²) in [6.07, 6.45) is 6.81. The van der Waals surface area contributed by atoms with Crippen LogP contribution in [0.1, 0.15) is 38.3 Å². The fourth-order valence-corrected chi connectivity index (χ4v) is 2.66. The minimum absolute atomic E-state index is 0.179. The van der Waals surface area contributed by atoms with Crippen molar-refractivity contribution in [2.75, 3.05) is 19.6 Å². The highest BCUT2D eigenvalue weighted by atomic mass is 16.1. The van der Waals surface area contributed by atoms with Gasteiger partial charge in [0, 0.05) is 37.4 Å². The second kappa shape index (κ2) is 8.00. The van der Waals surface area contributed by atoms with E-state index in [0.717, 1.165) is 45.3 Å².